The van der Waals surface area contributed by atoms with Crippen molar-refractivity contribution in [2.75, 3.05) is 13.1 Å². The minimum absolute atomic E-state index is 0.0108. The zero-order valence-corrected chi connectivity index (χ0v) is 27.1. The van der Waals surface area contributed by atoms with Crippen molar-refractivity contribution >= 4 is 29.6 Å². The van der Waals surface area contributed by atoms with E-state index >= 15 is 0 Å². The van der Waals surface area contributed by atoms with Gasteiger partial charge in [0.2, 0.25) is 23.6 Å². The molecule has 2 aromatic carbocycles. The maximum Gasteiger partial charge on any atom is 0.328 e. The Balaban J connectivity index is 2.37. The molecular weight excluding hydrogens is 606 g/mol. The molecule has 0 saturated carbocycles. The third-order valence-electron chi connectivity index (χ3n) is 7.42. The second-order valence-electron chi connectivity index (χ2n) is 11.9. The van der Waals surface area contributed by atoms with E-state index in [4.69, 9.17) is 17.2 Å². The van der Waals surface area contributed by atoms with Crippen molar-refractivity contribution in [2.45, 2.75) is 82.8 Å². The molecule has 0 heterocycles. The number of aliphatic carboxylic acids is 1. The van der Waals surface area contributed by atoms with Gasteiger partial charge in [0, 0.05) is 6.42 Å². The van der Waals surface area contributed by atoms with E-state index in [9.17, 15) is 34.2 Å². The average Bonchev–Trinajstić information content (AvgIpc) is 3.02. The van der Waals surface area contributed by atoms with E-state index in [2.05, 4.69) is 21.3 Å². The Kier molecular flexibility index (Phi) is 16.0. The Hall–Kier alpha value is -4.37. The second kappa shape index (κ2) is 19.3. The molecular formula is C33H49N7O7. The van der Waals surface area contributed by atoms with E-state index in [0.29, 0.717) is 5.56 Å². The van der Waals surface area contributed by atoms with Crippen LogP contribution in [0.1, 0.15) is 45.6 Å². The third-order valence-corrected chi connectivity index (χ3v) is 7.42. The fraction of sp³-hybridized carbons (Fsp3) is 0.485. The molecule has 14 heteroatoms. The molecule has 6 atom stereocenters. The second-order valence-corrected chi connectivity index (χ2v) is 11.9. The van der Waals surface area contributed by atoms with Crippen LogP contribution in [0, 0.1) is 5.92 Å². The number of carboxylic acids is 1. The lowest BCUT2D eigenvalue weighted by Gasteiger charge is -2.27. The van der Waals surface area contributed by atoms with Crippen LogP contribution in [0.4, 0.5) is 0 Å². The van der Waals surface area contributed by atoms with Crippen molar-refractivity contribution in [3.8, 4) is 11.1 Å². The minimum Gasteiger partial charge on any atom is -0.480 e. The first-order valence-corrected chi connectivity index (χ1v) is 15.7. The van der Waals surface area contributed by atoms with Gasteiger partial charge >= 0.3 is 5.97 Å². The van der Waals surface area contributed by atoms with Gasteiger partial charge in [-0.05, 0) is 61.9 Å². The lowest BCUT2D eigenvalue weighted by molar-refractivity contribution is -0.145. The summed E-state index contributed by atoms with van der Waals surface area (Å²) in [4.78, 5) is 64.6. The molecule has 0 aliphatic carbocycles. The van der Waals surface area contributed by atoms with Crippen LogP contribution in [-0.4, -0.2) is 89.2 Å². The van der Waals surface area contributed by atoms with E-state index in [1.54, 1.807) is 0 Å². The molecule has 0 unspecified atom stereocenters. The average molecular weight is 656 g/mol. The summed E-state index contributed by atoms with van der Waals surface area (Å²) in [6, 6.07) is 11.0. The molecule has 0 saturated heterocycles. The topological polar surface area (TPSA) is 252 Å². The van der Waals surface area contributed by atoms with E-state index in [1.807, 2.05) is 68.4 Å². The number of nitrogens with two attached hydrogens (primary N) is 3. The quantitative estimate of drug-likeness (QED) is 0.0926. The number of carboxylic acid groups (broad SMARTS) is 1. The van der Waals surface area contributed by atoms with Gasteiger partial charge < -0.3 is 48.7 Å². The maximum atomic E-state index is 13.7. The molecule has 47 heavy (non-hydrogen) atoms. The summed E-state index contributed by atoms with van der Waals surface area (Å²) in [5.74, 6) is -4.26. The van der Waals surface area contributed by atoms with Crippen molar-refractivity contribution in [3.05, 3.63) is 60.2 Å². The Morgan fingerprint density at radius 2 is 1.19 bits per heavy atom. The maximum absolute atomic E-state index is 13.7. The van der Waals surface area contributed by atoms with Crippen molar-refractivity contribution in [3.63, 3.8) is 0 Å². The number of rotatable bonds is 19. The first kappa shape index (κ1) is 38.8. The van der Waals surface area contributed by atoms with Crippen LogP contribution in [0.5, 0.6) is 0 Å². The SMILES string of the molecule is CC(C)C[C@@H](NC(=O)[C@@H](N)CCN)C(=O)N[C@@H](Cc1ccc(-c2ccccc2)cc1)C(=O)N[C@@H](CCN)C(=O)N[C@H](C(=O)O)[C@@H](C)O. The van der Waals surface area contributed by atoms with Crippen LogP contribution in [0.2, 0.25) is 0 Å². The molecule has 258 valence electrons. The lowest BCUT2D eigenvalue weighted by atomic mass is 9.98. The molecule has 12 N–H and O–H groups in total. The molecule has 0 aliphatic rings. The highest BCUT2D eigenvalue weighted by Gasteiger charge is 2.33. The van der Waals surface area contributed by atoms with Crippen LogP contribution >= 0.6 is 0 Å². The van der Waals surface area contributed by atoms with Crippen LogP contribution in [0.15, 0.2) is 54.6 Å². The Bertz CT molecular complexity index is 1320. The molecule has 0 aliphatic heterocycles. The molecule has 0 fully saturated rings. The van der Waals surface area contributed by atoms with E-state index in [1.165, 1.54) is 6.92 Å². The van der Waals surface area contributed by atoms with Gasteiger partial charge in [-0.3, -0.25) is 19.2 Å². The largest absolute Gasteiger partial charge is 0.480 e. The summed E-state index contributed by atoms with van der Waals surface area (Å²) in [5.41, 5.74) is 19.8. The van der Waals surface area contributed by atoms with Gasteiger partial charge in [0.25, 0.3) is 0 Å². The van der Waals surface area contributed by atoms with E-state index in [-0.39, 0.29) is 44.7 Å². The highest BCUT2D eigenvalue weighted by Crippen LogP contribution is 2.20. The Morgan fingerprint density at radius 1 is 0.681 bits per heavy atom. The summed E-state index contributed by atoms with van der Waals surface area (Å²) >= 11 is 0. The summed E-state index contributed by atoms with van der Waals surface area (Å²) in [6.45, 7) is 5.10. The molecule has 4 amide bonds. The highest BCUT2D eigenvalue weighted by atomic mass is 16.4. The Labute approximate surface area is 275 Å². The minimum atomic E-state index is -1.62. The summed E-state index contributed by atoms with van der Waals surface area (Å²) in [7, 11) is 0. The number of carbonyl (C=O) groups is 5. The number of aliphatic hydroxyl groups is 1. The predicted octanol–water partition coefficient (Wildman–Crippen LogP) is -0.628. The number of nitrogens with one attached hydrogen (secondary N) is 4. The summed E-state index contributed by atoms with van der Waals surface area (Å²) in [5, 5.41) is 29.4. The molecule has 0 aromatic heterocycles. The first-order valence-electron chi connectivity index (χ1n) is 15.7. The Morgan fingerprint density at radius 3 is 1.72 bits per heavy atom. The van der Waals surface area contributed by atoms with Crippen molar-refractivity contribution in [2.24, 2.45) is 23.1 Å². The monoisotopic (exact) mass is 655 g/mol. The highest BCUT2D eigenvalue weighted by molar-refractivity contribution is 5.95. The number of hydrogen-bond acceptors (Lipinski definition) is 9. The molecule has 2 rings (SSSR count). The summed E-state index contributed by atoms with van der Waals surface area (Å²) < 4.78 is 0. The summed E-state index contributed by atoms with van der Waals surface area (Å²) in [6.07, 6.45) is -0.983. The molecule has 14 nitrogen and oxygen atoms in total. The van der Waals surface area contributed by atoms with Gasteiger partial charge in [0.05, 0.1) is 12.1 Å². The standard InChI is InChI=1S/C33H49N7O7/c1-19(2)17-26(38-29(42)24(36)13-15-34)31(44)39-27(18-21-9-11-23(12-10-21)22-7-5-4-6-8-22)32(45)37-25(14-16-35)30(43)40-28(20(3)41)33(46)47/h4-12,19-20,24-28,41H,13-18,34-36H2,1-3H3,(H,37,45)(H,38,42)(H,39,44)(H,40,43)(H,46,47)/t20-,24+,25+,26-,27+,28+/m1/s1. The smallest absolute Gasteiger partial charge is 0.328 e. The number of aliphatic hydroxyl groups excluding tert-OH is 1. The molecule has 0 radical (unpaired) electrons. The molecule has 0 bridgehead atoms. The van der Waals surface area contributed by atoms with E-state index in [0.717, 1.165) is 11.1 Å². The van der Waals surface area contributed by atoms with Crippen molar-refractivity contribution < 1.29 is 34.2 Å². The van der Waals surface area contributed by atoms with E-state index < -0.39 is 65.9 Å². The third kappa shape index (κ3) is 12.7. The normalized spacial score (nSPS) is 15.0. The fourth-order valence-corrected chi connectivity index (χ4v) is 4.82. The van der Waals surface area contributed by atoms with Gasteiger partial charge in [-0.15, -0.1) is 0 Å². The number of carbonyl (C=O) groups excluding carboxylic acids is 4. The van der Waals surface area contributed by atoms with Gasteiger partial charge in [0.15, 0.2) is 6.04 Å². The van der Waals surface area contributed by atoms with Crippen LogP contribution in [-0.2, 0) is 30.4 Å². The van der Waals surface area contributed by atoms with Crippen molar-refractivity contribution in [1.82, 2.24) is 21.3 Å². The number of amides is 4. The van der Waals surface area contributed by atoms with Crippen molar-refractivity contribution in [1.29, 1.82) is 0 Å². The zero-order chi connectivity index (χ0) is 35.1. The van der Waals surface area contributed by atoms with Gasteiger partial charge in [-0.25, -0.2) is 4.79 Å². The lowest BCUT2D eigenvalue weighted by Crippen LogP contribution is -2.60. The zero-order valence-electron chi connectivity index (χ0n) is 27.1. The first-order chi connectivity index (χ1) is 22.3. The van der Waals surface area contributed by atoms with Crippen LogP contribution in [0.3, 0.4) is 0 Å². The van der Waals surface area contributed by atoms with Crippen LogP contribution in [0.25, 0.3) is 11.1 Å². The van der Waals surface area contributed by atoms with Gasteiger partial charge in [-0.2, -0.15) is 0 Å². The van der Waals surface area contributed by atoms with Gasteiger partial charge in [0.1, 0.15) is 18.1 Å². The van der Waals surface area contributed by atoms with Gasteiger partial charge in [-0.1, -0.05) is 68.4 Å². The molecule has 0 spiro atoms. The predicted molar refractivity (Wildman–Crippen MR) is 177 cm³/mol. The fourth-order valence-electron chi connectivity index (χ4n) is 4.82. The van der Waals surface area contributed by atoms with Crippen LogP contribution < -0.4 is 38.5 Å². The number of benzene rings is 2. The molecule has 2 aromatic rings. The number of hydrogen-bond donors (Lipinski definition) is 9.